The second-order valence-corrected chi connectivity index (χ2v) is 6.09. The topological polar surface area (TPSA) is 112 Å². The van der Waals surface area contributed by atoms with Crippen molar-refractivity contribution in [2.45, 2.75) is 4.90 Å². The van der Waals surface area contributed by atoms with Crippen LogP contribution in [0.5, 0.6) is 5.75 Å². The van der Waals surface area contributed by atoms with E-state index in [0.29, 0.717) is 22.3 Å². The van der Waals surface area contributed by atoms with Gasteiger partial charge in [0.15, 0.2) is 0 Å². The molecule has 1 aromatic heterocycles. The molecule has 0 spiro atoms. The van der Waals surface area contributed by atoms with E-state index in [2.05, 4.69) is 15.2 Å². The molecule has 0 bridgehead atoms. The van der Waals surface area contributed by atoms with Crippen LogP contribution in [0.2, 0.25) is 0 Å². The van der Waals surface area contributed by atoms with Crippen molar-refractivity contribution in [1.82, 2.24) is 4.98 Å². The third-order valence-electron chi connectivity index (χ3n) is 3.13. The molecular formula is C15H11CdN3O4S. The number of pyridine rings is 1. The molecule has 3 aromatic rings. The first kappa shape index (κ1) is 18.4. The van der Waals surface area contributed by atoms with Gasteiger partial charge in [0, 0.05) is 38.9 Å². The van der Waals surface area contributed by atoms with E-state index in [-0.39, 0.29) is 37.9 Å². The van der Waals surface area contributed by atoms with Gasteiger partial charge >= 0.3 is 0 Å². The van der Waals surface area contributed by atoms with Crippen molar-refractivity contribution in [1.29, 1.82) is 0 Å². The van der Waals surface area contributed by atoms with Crippen LogP contribution in [0.4, 0.5) is 11.4 Å². The van der Waals surface area contributed by atoms with Crippen molar-refractivity contribution in [2.75, 3.05) is 0 Å². The number of benzene rings is 2. The maximum absolute atomic E-state index is 11.0. The molecule has 24 heavy (non-hydrogen) atoms. The van der Waals surface area contributed by atoms with Gasteiger partial charge in [-0.05, 0) is 48.5 Å². The summed E-state index contributed by atoms with van der Waals surface area (Å²) in [7, 11) is -4.23. The first-order valence-electron chi connectivity index (χ1n) is 6.51. The molecule has 0 unspecified atom stereocenters. The molecule has 0 aliphatic carbocycles. The van der Waals surface area contributed by atoms with E-state index in [1.54, 1.807) is 24.4 Å². The van der Waals surface area contributed by atoms with E-state index < -0.39 is 10.1 Å². The third-order valence-corrected chi connectivity index (χ3v) is 4.00. The Labute approximate surface area is 158 Å². The quantitative estimate of drug-likeness (QED) is 0.366. The van der Waals surface area contributed by atoms with E-state index in [4.69, 9.17) is 4.55 Å². The van der Waals surface area contributed by atoms with Gasteiger partial charge in [-0.1, -0.05) is 0 Å². The largest absolute Gasteiger partial charge is 0.506 e. The second kappa shape index (κ2) is 7.32. The third kappa shape index (κ3) is 3.94. The molecule has 7 nitrogen and oxygen atoms in total. The minimum atomic E-state index is -4.23. The van der Waals surface area contributed by atoms with Gasteiger partial charge < -0.3 is 5.11 Å². The fraction of sp³-hybridized carbons (Fsp3) is 0. The van der Waals surface area contributed by atoms with Crippen LogP contribution in [-0.4, -0.2) is 23.1 Å². The van der Waals surface area contributed by atoms with Gasteiger partial charge in [0.2, 0.25) is 0 Å². The number of phenolic OH excluding ortho intramolecular Hbond substituents is 1. The summed E-state index contributed by atoms with van der Waals surface area (Å²) in [5.41, 5.74) is 1.36. The van der Waals surface area contributed by atoms with E-state index in [0.717, 1.165) is 0 Å². The van der Waals surface area contributed by atoms with Crippen LogP contribution in [0, 0.1) is 0 Å². The Morgan fingerprint density at radius 3 is 2.33 bits per heavy atom. The van der Waals surface area contributed by atoms with Gasteiger partial charge in [0.1, 0.15) is 11.3 Å². The maximum Gasteiger partial charge on any atom is 0.294 e. The molecule has 2 aromatic carbocycles. The maximum atomic E-state index is 11.0. The van der Waals surface area contributed by atoms with Crippen LogP contribution >= 0.6 is 0 Å². The molecule has 0 amide bonds. The SMILES string of the molecule is O=S(=O)(O)c1ccc(N=Nc2ccc(O)c3ncccc23)cc1.[Cd]. The van der Waals surface area contributed by atoms with Gasteiger partial charge in [0.05, 0.1) is 16.3 Å². The average Bonchev–Trinajstić information content (AvgIpc) is 2.54. The van der Waals surface area contributed by atoms with Crippen molar-refractivity contribution in [3.63, 3.8) is 0 Å². The predicted octanol–water partition coefficient (Wildman–Crippen LogP) is 3.60. The van der Waals surface area contributed by atoms with Crippen LogP contribution in [0.15, 0.2) is 69.9 Å². The van der Waals surface area contributed by atoms with Crippen LogP contribution in [0.1, 0.15) is 0 Å². The summed E-state index contributed by atoms with van der Waals surface area (Å²) in [4.78, 5) is 3.88. The molecule has 118 valence electrons. The average molecular weight is 442 g/mol. The molecule has 0 atom stereocenters. The minimum absolute atomic E-state index is 0. The van der Waals surface area contributed by atoms with Gasteiger partial charge in [-0.15, -0.1) is 5.11 Å². The number of phenols is 1. The first-order valence-corrected chi connectivity index (χ1v) is 7.95. The van der Waals surface area contributed by atoms with Crippen LogP contribution < -0.4 is 0 Å². The van der Waals surface area contributed by atoms with Crippen LogP contribution in [0.25, 0.3) is 10.9 Å². The normalized spacial score (nSPS) is 11.5. The molecule has 1 heterocycles. The Morgan fingerprint density at radius 2 is 1.67 bits per heavy atom. The molecule has 0 aliphatic heterocycles. The van der Waals surface area contributed by atoms with Crippen LogP contribution in [0.3, 0.4) is 0 Å². The molecule has 3 rings (SSSR count). The van der Waals surface area contributed by atoms with Gasteiger partial charge in [-0.3, -0.25) is 9.54 Å². The zero-order chi connectivity index (χ0) is 16.4. The van der Waals surface area contributed by atoms with Gasteiger partial charge in [-0.2, -0.15) is 13.5 Å². The number of hydrogen-bond acceptors (Lipinski definition) is 6. The Balaban J connectivity index is 0.00000208. The number of aromatic nitrogens is 1. The van der Waals surface area contributed by atoms with Crippen molar-refractivity contribution in [2.24, 2.45) is 10.2 Å². The molecule has 0 aliphatic rings. The Hall–Kier alpha value is -1.92. The molecule has 2 N–H and O–H groups in total. The summed E-state index contributed by atoms with van der Waals surface area (Å²) in [5.74, 6) is 0.0528. The standard InChI is InChI=1S/C15H11N3O4S.Cd/c19-14-8-7-13(12-2-1-9-16-15(12)14)18-17-10-3-5-11(6-4-10)23(20,21)22;/h1-9,19H,(H,20,21,22);. The van der Waals surface area contributed by atoms with Crippen molar-refractivity contribution in [3.8, 4) is 5.75 Å². The smallest absolute Gasteiger partial charge is 0.294 e. The summed E-state index contributed by atoms with van der Waals surface area (Å²) < 4.78 is 30.9. The monoisotopic (exact) mass is 443 g/mol. The van der Waals surface area contributed by atoms with E-state index in [1.807, 2.05) is 0 Å². The van der Waals surface area contributed by atoms with E-state index in [1.165, 1.54) is 30.3 Å². The summed E-state index contributed by atoms with van der Waals surface area (Å²) in [6.07, 6.45) is 1.57. The number of fused-ring (bicyclic) bond motifs is 1. The summed E-state index contributed by atoms with van der Waals surface area (Å²) in [6.45, 7) is 0. The molecule has 0 saturated heterocycles. The van der Waals surface area contributed by atoms with Crippen molar-refractivity contribution >= 4 is 32.4 Å². The van der Waals surface area contributed by atoms with Crippen LogP contribution in [-0.2, 0) is 37.4 Å². The fourth-order valence-corrected chi connectivity index (χ4v) is 2.51. The molecule has 9 heteroatoms. The van der Waals surface area contributed by atoms with Gasteiger partial charge in [0.25, 0.3) is 10.1 Å². The number of nitrogens with zero attached hydrogens (tertiary/aromatic N) is 3. The summed E-state index contributed by atoms with van der Waals surface area (Å²) >= 11 is 0. The van der Waals surface area contributed by atoms with E-state index in [9.17, 15) is 13.5 Å². The Morgan fingerprint density at radius 1 is 0.958 bits per heavy atom. The molecule has 0 fully saturated rings. The Bertz CT molecular complexity index is 1000. The fourth-order valence-electron chi connectivity index (χ4n) is 2.03. The van der Waals surface area contributed by atoms with Gasteiger partial charge in [-0.25, -0.2) is 0 Å². The molecule has 0 radical (unpaired) electrons. The zero-order valence-electron chi connectivity index (χ0n) is 12.4. The van der Waals surface area contributed by atoms with E-state index >= 15 is 0 Å². The second-order valence-electron chi connectivity index (χ2n) is 4.67. The first-order chi connectivity index (χ1) is 10.9. The number of azo groups is 1. The number of aromatic hydroxyl groups is 1. The Kier molecular flexibility index (Phi) is 5.62. The molecular weight excluding hydrogens is 431 g/mol. The summed E-state index contributed by atoms with van der Waals surface area (Å²) in [5, 5.41) is 18.5. The van der Waals surface area contributed by atoms with Crippen molar-refractivity contribution in [3.05, 3.63) is 54.7 Å². The minimum Gasteiger partial charge on any atom is -0.506 e. The zero-order valence-corrected chi connectivity index (χ0v) is 17.2. The number of rotatable bonds is 3. The van der Waals surface area contributed by atoms with Crippen molar-refractivity contribution < 1.29 is 45.4 Å². The summed E-state index contributed by atoms with van der Waals surface area (Å²) in [6, 6.07) is 11.9. The number of hydrogen-bond donors (Lipinski definition) is 2. The predicted molar refractivity (Wildman–Crippen MR) is 83.8 cm³/mol. The molecule has 0 saturated carbocycles.